The van der Waals surface area contributed by atoms with Crippen LogP contribution in [0.25, 0.3) is 6.08 Å². The summed E-state index contributed by atoms with van der Waals surface area (Å²) in [4.78, 5) is 29.4. The first-order valence-electron chi connectivity index (χ1n) is 7.59. The summed E-state index contributed by atoms with van der Waals surface area (Å²) in [7, 11) is 0. The predicted molar refractivity (Wildman–Crippen MR) is 91.4 cm³/mol. The molecule has 0 bridgehead atoms. The van der Waals surface area contributed by atoms with E-state index in [9.17, 15) is 9.59 Å². The third-order valence-electron chi connectivity index (χ3n) is 3.63. The lowest BCUT2D eigenvalue weighted by Crippen LogP contribution is -2.34. The van der Waals surface area contributed by atoms with E-state index in [1.807, 2.05) is 60.7 Å². The third-order valence-corrected chi connectivity index (χ3v) is 3.63. The van der Waals surface area contributed by atoms with Crippen LogP contribution in [0.1, 0.15) is 17.5 Å². The summed E-state index contributed by atoms with van der Waals surface area (Å²) < 4.78 is 0. The van der Waals surface area contributed by atoms with Crippen LogP contribution < -0.4 is 0 Å². The summed E-state index contributed by atoms with van der Waals surface area (Å²) in [5, 5.41) is 8.93. The highest BCUT2D eigenvalue weighted by molar-refractivity contribution is 6.19. The summed E-state index contributed by atoms with van der Waals surface area (Å²) in [6, 6.07) is 18.7. The molecular formula is C19H16N2O3. The molecule has 5 nitrogen and oxygen atoms in total. The summed E-state index contributed by atoms with van der Waals surface area (Å²) >= 11 is 0. The van der Waals surface area contributed by atoms with Gasteiger partial charge in [-0.05, 0) is 11.6 Å². The van der Waals surface area contributed by atoms with Crippen LogP contribution in [0.5, 0.6) is 0 Å². The van der Waals surface area contributed by atoms with Crippen molar-refractivity contribution in [2.75, 3.05) is 6.54 Å². The summed E-state index contributed by atoms with van der Waals surface area (Å²) in [5.74, 6) is -0.737. The molecule has 1 aliphatic rings. The molecule has 120 valence electrons. The second-order valence-electron chi connectivity index (χ2n) is 5.34. The van der Waals surface area contributed by atoms with Crippen LogP contribution in [0.4, 0.5) is 0 Å². The Bertz CT molecular complexity index is 811. The van der Waals surface area contributed by atoms with Gasteiger partial charge in [0.15, 0.2) is 0 Å². The van der Waals surface area contributed by atoms with Gasteiger partial charge in [-0.1, -0.05) is 60.7 Å². The maximum atomic E-state index is 12.7. The maximum absolute atomic E-state index is 12.7. The number of carbonyl (C=O) groups is 2. The van der Waals surface area contributed by atoms with Gasteiger partial charge in [0, 0.05) is 12.1 Å². The van der Waals surface area contributed by atoms with Gasteiger partial charge in [0.2, 0.25) is 0 Å². The Labute approximate surface area is 139 Å². The average molecular weight is 320 g/mol. The second-order valence-corrected chi connectivity index (χ2v) is 5.34. The molecule has 5 heteroatoms. The number of carboxylic acid groups (broad SMARTS) is 1. The molecule has 0 atom stereocenters. The van der Waals surface area contributed by atoms with Crippen molar-refractivity contribution in [2.45, 2.75) is 6.42 Å². The van der Waals surface area contributed by atoms with E-state index in [2.05, 4.69) is 4.99 Å². The van der Waals surface area contributed by atoms with Crippen molar-refractivity contribution >= 4 is 23.8 Å². The zero-order valence-electron chi connectivity index (χ0n) is 12.9. The van der Waals surface area contributed by atoms with Crippen LogP contribution in [-0.2, 0) is 9.59 Å². The first-order chi connectivity index (χ1) is 11.6. The van der Waals surface area contributed by atoms with Crippen molar-refractivity contribution in [3.05, 3.63) is 77.5 Å². The van der Waals surface area contributed by atoms with Crippen LogP contribution in [0.3, 0.4) is 0 Å². The highest BCUT2D eigenvalue weighted by Crippen LogP contribution is 2.22. The van der Waals surface area contributed by atoms with E-state index in [1.54, 1.807) is 6.08 Å². The van der Waals surface area contributed by atoms with Gasteiger partial charge < -0.3 is 5.11 Å². The first kappa shape index (κ1) is 15.7. The predicted octanol–water partition coefficient (Wildman–Crippen LogP) is 2.79. The fraction of sp³-hybridized carbons (Fsp3) is 0.105. The van der Waals surface area contributed by atoms with E-state index in [4.69, 9.17) is 5.11 Å². The molecule has 0 aromatic heterocycles. The Morgan fingerprint density at radius 3 is 2.29 bits per heavy atom. The van der Waals surface area contributed by atoms with Crippen molar-refractivity contribution in [1.29, 1.82) is 0 Å². The molecule has 0 aliphatic carbocycles. The number of rotatable bonds is 5. The van der Waals surface area contributed by atoms with Gasteiger partial charge >= 0.3 is 5.97 Å². The minimum absolute atomic E-state index is 0.0913. The molecule has 0 unspecified atom stereocenters. The van der Waals surface area contributed by atoms with Crippen molar-refractivity contribution in [2.24, 2.45) is 4.99 Å². The fourth-order valence-corrected chi connectivity index (χ4v) is 2.48. The molecule has 24 heavy (non-hydrogen) atoms. The van der Waals surface area contributed by atoms with Gasteiger partial charge in [-0.25, -0.2) is 4.99 Å². The van der Waals surface area contributed by atoms with Crippen LogP contribution >= 0.6 is 0 Å². The smallest absolute Gasteiger partial charge is 0.305 e. The first-order valence-corrected chi connectivity index (χ1v) is 7.59. The number of hydrogen-bond acceptors (Lipinski definition) is 3. The van der Waals surface area contributed by atoms with E-state index < -0.39 is 5.97 Å². The van der Waals surface area contributed by atoms with E-state index in [1.165, 1.54) is 4.90 Å². The Morgan fingerprint density at radius 1 is 1.04 bits per heavy atom. The van der Waals surface area contributed by atoms with E-state index in [0.717, 1.165) is 11.1 Å². The molecule has 0 saturated carbocycles. The van der Waals surface area contributed by atoms with Gasteiger partial charge in [0.1, 0.15) is 11.5 Å². The van der Waals surface area contributed by atoms with Gasteiger partial charge in [0.25, 0.3) is 5.91 Å². The van der Waals surface area contributed by atoms with E-state index in [-0.39, 0.29) is 18.9 Å². The molecule has 2 aromatic rings. The number of carboxylic acids is 1. The number of hydrogen-bond donors (Lipinski definition) is 1. The number of nitrogens with zero attached hydrogens (tertiary/aromatic N) is 2. The van der Waals surface area contributed by atoms with Crippen LogP contribution in [0.15, 0.2) is 71.4 Å². The quantitative estimate of drug-likeness (QED) is 0.861. The molecule has 0 radical (unpaired) electrons. The molecule has 1 N–H and O–H groups in total. The minimum Gasteiger partial charge on any atom is -0.481 e. The second kappa shape index (κ2) is 6.91. The Kier molecular flexibility index (Phi) is 4.52. The van der Waals surface area contributed by atoms with Crippen molar-refractivity contribution < 1.29 is 14.7 Å². The third kappa shape index (κ3) is 3.41. The zero-order valence-corrected chi connectivity index (χ0v) is 12.9. The fourth-order valence-electron chi connectivity index (χ4n) is 2.48. The topological polar surface area (TPSA) is 70.0 Å². The standard InChI is InChI=1S/C19H16N2O3/c22-17(23)11-12-21-18(15-9-5-2-6-10-15)20-16(19(21)24)13-14-7-3-1-4-8-14/h1-10,13H,11-12H2,(H,22,23)/b16-13+. The maximum Gasteiger partial charge on any atom is 0.305 e. The van der Waals surface area contributed by atoms with Crippen molar-refractivity contribution in [3.63, 3.8) is 0 Å². The van der Waals surface area contributed by atoms with Crippen molar-refractivity contribution in [3.8, 4) is 0 Å². The normalized spacial score (nSPS) is 15.7. The van der Waals surface area contributed by atoms with Gasteiger partial charge in [-0.3, -0.25) is 14.5 Å². The molecule has 0 fully saturated rings. The molecule has 0 spiro atoms. The highest BCUT2D eigenvalue weighted by atomic mass is 16.4. The lowest BCUT2D eigenvalue weighted by Gasteiger charge is -2.17. The number of aliphatic carboxylic acids is 1. The van der Waals surface area contributed by atoms with Gasteiger partial charge in [0.05, 0.1) is 6.42 Å². The Balaban J connectivity index is 1.97. The molecule has 1 amide bonds. The Morgan fingerprint density at radius 2 is 1.67 bits per heavy atom. The van der Waals surface area contributed by atoms with Gasteiger partial charge in [-0.2, -0.15) is 0 Å². The largest absolute Gasteiger partial charge is 0.481 e. The van der Waals surface area contributed by atoms with E-state index >= 15 is 0 Å². The number of carbonyl (C=O) groups excluding carboxylic acids is 1. The molecule has 0 saturated heterocycles. The van der Waals surface area contributed by atoms with E-state index in [0.29, 0.717) is 11.5 Å². The van der Waals surface area contributed by atoms with Gasteiger partial charge in [-0.15, -0.1) is 0 Å². The monoisotopic (exact) mass is 320 g/mol. The lowest BCUT2D eigenvalue weighted by molar-refractivity contribution is -0.137. The highest BCUT2D eigenvalue weighted by Gasteiger charge is 2.31. The number of amidine groups is 1. The molecular weight excluding hydrogens is 304 g/mol. The summed E-state index contributed by atoms with van der Waals surface area (Å²) in [6.07, 6.45) is 1.59. The molecule has 1 aliphatic heterocycles. The zero-order chi connectivity index (χ0) is 16.9. The molecule has 3 rings (SSSR count). The van der Waals surface area contributed by atoms with Crippen LogP contribution in [-0.4, -0.2) is 34.3 Å². The number of amides is 1. The summed E-state index contributed by atoms with van der Waals surface area (Å²) in [6.45, 7) is 0.0913. The van der Waals surface area contributed by atoms with Crippen molar-refractivity contribution in [1.82, 2.24) is 4.90 Å². The summed E-state index contributed by atoms with van der Waals surface area (Å²) in [5.41, 5.74) is 1.97. The average Bonchev–Trinajstić information content (AvgIpc) is 2.91. The Hall–Kier alpha value is -3.21. The molecule has 1 heterocycles. The van der Waals surface area contributed by atoms with Crippen LogP contribution in [0, 0.1) is 0 Å². The number of aliphatic imine (C=N–C) groups is 1. The minimum atomic E-state index is -0.948. The van der Waals surface area contributed by atoms with Crippen LogP contribution in [0.2, 0.25) is 0 Å². The lowest BCUT2D eigenvalue weighted by atomic mass is 10.2. The SMILES string of the molecule is O=C(O)CCN1C(=O)/C(=C\c2ccccc2)N=C1c1ccccc1. The molecule has 2 aromatic carbocycles. The number of benzene rings is 2.